The first-order chi connectivity index (χ1) is 11.9. The van der Waals surface area contributed by atoms with Gasteiger partial charge >= 0.3 is 0 Å². The molecule has 2 aromatic rings. The van der Waals surface area contributed by atoms with Gasteiger partial charge in [-0.1, -0.05) is 33.6 Å². The third-order valence-electron chi connectivity index (χ3n) is 3.27. The summed E-state index contributed by atoms with van der Waals surface area (Å²) in [5.41, 5.74) is 3.55. The molecule has 0 aliphatic heterocycles. The van der Waals surface area contributed by atoms with Gasteiger partial charge in [0, 0.05) is 20.7 Å². The number of phenols is 1. The molecule has 1 amide bonds. The molecule has 132 valence electrons. The largest absolute Gasteiger partial charge is 0.504 e. The van der Waals surface area contributed by atoms with Crippen LogP contribution in [0, 0.1) is 0 Å². The maximum atomic E-state index is 12.1. The summed E-state index contributed by atoms with van der Waals surface area (Å²) < 4.78 is 5.77. The van der Waals surface area contributed by atoms with Gasteiger partial charge in [-0.05, 0) is 37.3 Å². The van der Waals surface area contributed by atoms with Gasteiger partial charge in [-0.2, -0.15) is 5.10 Å². The van der Waals surface area contributed by atoms with Gasteiger partial charge in [0.15, 0.2) is 11.5 Å². The highest BCUT2D eigenvalue weighted by molar-refractivity contribution is 9.10. The van der Waals surface area contributed by atoms with Crippen molar-refractivity contribution in [1.82, 2.24) is 5.43 Å². The van der Waals surface area contributed by atoms with Crippen molar-refractivity contribution in [3.8, 4) is 11.5 Å². The smallest absolute Gasteiger partial charge is 0.262 e. The number of hydrazone groups is 1. The topological polar surface area (TPSA) is 83.0 Å². The molecule has 0 bridgehead atoms. The number of hydrogen-bond donors (Lipinski definition) is 3. The van der Waals surface area contributed by atoms with E-state index in [4.69, 9.17) is 16.3 Å². The molecule has 0 aliphatic rings. The Kier molecular flexibility index (Phi) is 6.66. The van der Waals surface area contributed by atoms with Gasteiger partial charge in [0.2, 0.25) is 0 Å². The lowest BCUT2D eigenvalue weighted by molar-refractivity contribution is -0.121. The van der Waals surface area contributed by atoms with Crippen LogP contribution in [0.2, 0.25) is 5.02 Å². The fourth-order valence-corrected chi connectivity index (χ4v) is 2.65. The van der Waals surface area contributed by atoms with Crippen LogP contribution in [0.1, 0.15) is 12.5 Å². The number of carbonyl (C=O) groups is 1. The molecule has 0 radical (unpaired) electrons. The van der Waals surface area contributed by atoms with E-state index < -0.39 is 6.04 Å². The van der Waals surface area contributed by atoms with Crippen molar-refractivity contribution >= 4 is 45.3 Å². The molecule has 6 nitrogen and oxygen atoms in total. The van der Waals surface area contributed by atoms with Crippen molar-refractivity contribution in [3.05, 3.63) is 51.5 Å². The minimum Gasteiger partial charge on any atom is -0.504 e. The van der Waals surface area contributed by atoms with Gasteiger partial charge in [-0.3, -0.25) is 4.79 Å². The SMILES string of the molecule is COc1cc(Br)cc(/C=N/NC(=O)C(C)Nc2cccc(Cl)c2)c1O. The number of phenolic OH excluding ortho intramolecular Hbond substituents is 1. The van der Waals surface area contributed by atoms with Crippen LogP contribution in [0.15, 0.2) is 46.0 Å². The van der Waals surface area contributed by atoms with Crippen molar-refractivity contribution in [2.75, 3.05) is 12.4 Å². The van der Waals surface area contributed by atoms with Crippen LogP contribution in [-0.4, -0.2) is 30.4 Å². The standard InChI is InChI=1S/C17H17BrClN3O3/c1-10(21-14-5-3-4-13(19)8-14)17(24)22-20-9-11-6-12(18)7-15(25-2)16(11)23/h3-10,21,23H,1-2H3,(H,22,24)/b20-9+. The number of rotatable bonds is 6. The second-order valence-electron chi connectivity index (χ2n) is 5.16. The Balaban J connectivity index is 1.99. The third-order valence-corrected chi connectivity index (χ3v) is 3.96. The number of hydrogen-bond acceptors (Lipinski definition) is 5. The van der Waals surface area contributed by atoms with Crippen LogP contribution in [0.4, 0.5) is 5.69 Å². The summed E-state index contributed by atoms with van der Waals surface area (Å²) in [5, 5.41) is 17.5. The van der Waals surface area contributed by atoms with Crippen LogP contribution in [0.5, 0.6) is 11.5 Å². The average Bonchev–Trinajstić information content (AvgIpc) is 2.57. The van der Waals surface area contributed by atoms with E-state index in [9.17, 15) is 9.90 Å². The second-order valence-corrected chi connectivity index (χ2v) is 6.51. The Morgan fingerprint density at radius 1 is 1.40 bits per heavy atom. The Morgan fingerprint density at radius 3 is 2.84 bits per heavy atom. The number of nitrogens with zero attached hydrogens (tertiary/aromatic N) is 1. The number of ether oxygens (including phenoxy) is 1. The summed E-state index contributed by atoms with van der Waals surface area (Å²) in [6, 6.07) is 9.83. The Labute approximate surface area is 159 Å². The normalized spacial score (nSPS) is 12.0. The van der Waals surface area contributed by atoms with Crippen molar-refractivity contribution in [2.24, 2.45) is 5.10 Å². The molecule has 0 heterocycles. The summed E-state index contributed by atoms with van der Waals surface area (Å²) in [7, 11) is 1.45. The Bertz CT molecular complexity index is 799. The number of halogens is 2. The zero-order valence-electron chi connectivity index (χ0n) is 13.6. The van der Waals surface area contributed by atoms with Crippen molar-refractivity contribution in [2.45, 2.75) is 13.0 Å². The molecule has 25 heavy (non-hydrogen) atoms. The van der Waals surface area contributed by atoms with E-state index >= 15 is 0 Å². The van der Waals surface area contributed by atoms with Crippen LogP contribution >= 0.6 is 27.5 Å². The molecule has 0 fully saturated rings. The van der Waals surface area contributed by atoms with E-state index in [2.05, 4.69) is 31.8 Å². The van der Waals surface area contributed by atoms with Crippen molar-refractivity contribution in [3.63, 3.8) is 0 Å². The first-order valence-electron chi connectivity index (χ1n) is 7.32. The number of anilines is 1. The fourth-order valence-electron chi connectivity index (χ4n) is 2.00. The van der Waals surface area contributed by atoms with Gasteiger partial charge in [-0.25, -0.2) is 5.43 Å². The molecule has 2 rings (SSSR count). The monoisotopic (exact) mass is 425 g/mol. The molecule has 8 heteroatoms. The Morgan fingerprint density at radius 2 is 2.16 bits per heavy atom. The molecule has 2 aromatic carbocycles. The van der Waals surface area contributed by atoms with Gasteiger partial charge in [0.25, 0.3) is 5.91 Å². The summed E-state index contributed by atoms with van der Waals surface area (Å²) in [6.45, 7) is 1.70. The first-order valence-corrected chi connectivity index (χ1v) is 8.49. The second kappa shape index (κ2) is 8.73. The van der Waals surface area contributed by atoms with E-state index in [-0.39, 0.29) is 11.7 Å². The summed E-state index contributed by atoms with van der Waals surface area (Å²) in [6.07, 6.45) is 1.34. The molecule has 0 saturated heterocycles. The molecule has 0 aromatic heterocycles. The number of benzene rings is 2. The zero-order valence-corrected chi connectivity index (χ0v) is 15.9. The Hall–Kier alpha value is -2.25. The fraction of sp³-hybridized carbons (Fsp3) is 0.176. The molecule has 0 aliphatic carbocycles. The van der Waals surface area contributed by atoms with Crippen molar-refractivity contribution in [1.29, 1.82) is 0 Å². The highest BCUT2D eigenvalue weighted by atomic mass is 79.9. The quantitative estimate of drug-likeness (QED) is 0.485. The van der Waals surface area contributed by atoms with Gasteiger partial charge in [0.1, 0.15) is 6.04 Å². The molecule has 0 saturated carbocycles. The van der Waals surface area contributed by atoms with E-state index in [1.54, 1.807) is 37.3 Å². The van der Waals surface area contributed by atoms with E-state index in [0.29, 0.717) is 20.8 Å². The number of nitrogens with one attached hydrogen (secondary N) is 2. The van der Waals surface area contributed by atoms with Crippen LogP contribution < -0.4 is 15.5 Å². The predicted octanol–water partition coefficient (Wildman–Crippen LogP) is 3.77. The lowest BCUT2D eigenvalue weighted by atomic mass is 10.2. The van der Waals surface area contributed by atoms with Crippen LogP contribution in [-0.2, 0) is 4.79 Å². The van der Waals surface area contributed by atoms with Gasteiger partial charge in [-0.15, -0.1) is 0 Å². The molecule has 1 atom stereocenters. The summed E-state index contributed by atoms with van der Waals surface area (Å²) in [5.74, 6) is -0.0929. The minimum absolute atomic E-state index is 0.0613. The maximum absolute atomic E-state index is 12.1. The van der Waals surface area contributed by atoms with E-state index in [1.807, 2.05) is 6.07 Å². The van der Waals surface area contributed by atoms with Gasteiger partial charge in [0.05, 0.1) is 13.3 Å². The summed E-state index contributed by atoms with van der Waals surface area (Å²) in [4.78, 5) is 12.1. The highest BCUT2D eigenvalue weighted by Crippen LogP contribution is 2.32. The number of methoxy groups -OCH3 is 1. The first kappa shape index (κ1) is 19.1. The van der Waals surface area contributed by atoms with Crippen LogP contribution in [0.25, 0.3) is 0 Å². The van der Waals surface area contributed by atoms with Crippen molar-refractivity contribution < 1.29 is 14.6 Å². The predicted molar refractivity (Wildman–Crippen MR) is 103 cm³/mol. The zero-order chi connectivity index (χ0) is 18.4. The highest BCUT2D eigenvalue weighted by Gasteiger charge is 2.12. The van der Waals surface area contributed by atoms with Crippen LogP contribution in [0.3, 0.4) is 0 Å². The molecule has 0 spiro atoms. The minimum atomic E-state index is -0.527. The van der Waals surface area contributed by atoms with E-state index in [0.717, 1.165) is 5.69 Å². The lowest BCUT2D eigenvalue weighted by Crippen LogP contribution is -2.34. The molecule has 3 N–H and O–H groups in total. The number of amides is 1. The molecular weight excluding hydrogens is 410 g/mol. The third kappa shape index (κ3) is 5.37. The number of aromatic hydroxyl groups is 1. The number of carbonyl (C=O) groups excluding carboxylic acids is 1. The average molecular weight is 427 g/mol. The summed E-state index contributed by atoms with van der Waals surface area (Å²) >= 11 is 9.22. The maximum Gasteiger partial charge on any atom is 0.262 e. The lowest BCUT2D eigenvalue weighted by Gasteiger charge is -2.13. The van der Waals surface area contributed by atoms with E-state index in [1.165, 1.54) is 13.3 Å². The molecular formula is C17H17BrClN3O3. The van der Waals surface area contributed by atoms with Gasteiger partial charge < -0.3 is 15.2 Å². The molecule has 1 unspecified atom stereocenters.